The fraction of sp³-hybridized carbons (Fsp3) is 0.250. The zero-order chi connectivity index (χ0) is 15.7. The molecule has 3 aromatic rings. The molecule has 22 heavy (non-hydrogen) atoms. The molecule has 0 atom stereocenters. The Morgan fingerprint density at radius 2 is 2.05 bits per heavy atom. The monoisotopic (exact) mass is 298 g/mol. The Morgan fingerprint density at radius 1 is 1.27 bits per heavy atom. The Bertz CT molecular complexity index is 879. The highest BCUT2D eigenvalue weighted by Crippen LogP contribution is 2.29. The summed E-state index contributed by atoms with van der Waals surface area (Å²) in [5.74, 6) is 0.723. The number of nitrogens with two attached hydrogens (primary N) is 1. The van der Waals surface area contributed by atoms with E-state index in [9.17, 15) is 4.79 Å². The van der Waals surface area contributed by atoms with E-state index in [0.29, 0.717) is 18.8 Å². The van der Waals surface area contributed by atoms with Gasteiger partial charge in [-0.2, -0.15) is 9.61 Å². The van der Waals surface area contributed by atoms with Crippen molar-refractivity contribution in [1.29, 1.82) is 0 Å². The number of fused-ring (bicyclic) bond motifs is 1. The highest BCUT2D eigenvalue weighted by atomic mass is 16.5. The van der Waals surface area contributed by atoms with E-state index >= 15 is 0 Å². The molecule has 2 aromatic heterocycles. The summed E-state index contributed by atoms with van der Waals surface area (Å²) in [6, 6.07) is 11.0. The minimum Gasteiger partial charge on any atom is -0.496 e. The fourth-order valence-electron chi connectivity index (χ4n) is 2.68. The molecule has 2 N–H and O–H groups in total. The van der Waals surface area contributed by atoms with Gasteiger partial charge < -0.3 is 15.0 Å². The van der Waals surface area contributed by atoms with E-state index in [-0.39, 0.29) is 5.56 Å². The van der Waals surface area contributed by atoms with Crippen LogP contribution in [-0.2, 0) is 13.1 Å². The van der Waals surface area contributed by atoms with Crippen molar-refractivity contribution < 1.29 is 4.74 Å². The lowest BCUT2D eigenvalue weighted by Crippen LogP contribution is -2.22. The number of methoxy groups -OCH3 is 1. The molecule has 0 radical (unpaired) electrons. The Balaban J connectivity index is 2.30. The summed E-state index contributed by atoms with van der Waals surface area (Å²) in [4.78, 5) is 12.2. The first-order valence-electron chi connectivity index (χ1n) is 7.15. The summed E-state index contributed by atoms with van der Waals surface area (Å²) in [5, 5.41) is 4.44. The summed E-state index contributed by atoms with van der Waals surface area (Å²) in [5.41, 5.74) is 8.64. The fourth-order valence-corrected chi connectivity index (χ4v) is 2.68. The van der Waals surface area contributed by atoms with Crippen molar-refractivity contribution >= 4 is 5.65 Å². The third-order valence-electron chi connectivity index (χ3n) is 3.72. The number of hydrogen-bond acceptors (Lipinski definition) is 4. The van der Waals surface area contributed by atoms with Gasteiger partial charge in [-0.05, 0) is 19.1 Å². The van der Waals surface area contributed by atoms with E-state index in [1.54, 1.807) is 7.11 Å². The average molecular weight is 298 g/mol. The maximum absolute atomic E-state index is 12.2. The maximum atomic E-state index is 12.2. The predicted molar refractivity (Wildman–Crippen MR) is 85.0 cm³/mol. The van der Waals surface area contributed by atoms with Crippen LogP contribution in [-0.4, -0.2) is 21.3 Å². The van der Waals surface area contributed by atoms with Crippen molar-refractivity contribution in [2.75, 3.05) is 7.11 Å². The van der Waals surface area contributed by atoms with Crippen molar-refractivity contribution in [3.05, 3.63) is 52.4 Å². The Labute approximate surface area is 127 Å². The van der Waals surface area contributed by atoms with Crippen LogP contribution in [0.2, 0.25) is 0 Å². The van der Waals surface area contributed by atoms with Gasteiger partial charge in [-0.1, -0.05) is 12.1 Å². The molecule has 0 unspecified atom stereocenters. The molecular formula is C16H18N4O2. The molecule has 0 aliphatic heterocycles. The first-order chi connectivity index (χ1) is 10.7. The van der Waals surface area contributed by atoms with E-state index in [2.05, 4.69) is 5.10 Å². The maximum Gasteiger partial charge on any atom is 0.274 e. The lowest BCUT2D eigenvalue weighted by Gasteiger charge is -2.10. The van der Waals surface area contributed by atoms with Crippen molar-refractivity contribution in [3.8, 4) is 17.0 Å². The number of ether oxygens (including phenoxy) is 1. The molecule has 6 heteroatoms. The van der Waals surface area contributed by atoms with Crippen molar-refractivity contribution in [2.45, 2.75) is 20.0 Å². The molecule has 2 heterocycles. The first kappa shape index (κ1) is 14.3. The van der Waals surface area contributed by atoms with Crippen LogP contribution in [0.25, 0.3) is 16.9 Å². The zero-order valence-corrected chi connectivity index (χ0v) is 12.6. The van der Waals surface area contributed by atoms with Gasteiger partial charge in [-0.3, -0.25) is 4.79 Å². The topological polar surface area (TPSA) is 74.5 Å². The lowest BCUT2D eigenvalue weighted by molar-refractivity contribution is 0.416. The number of benzene rings is 1. The summed E-state index contributed by atoms with van der Waals surface area (Å²) in [6.07, 6.45) is 0. The van der Waals surface area contributed by atoms with Gasteiger partial charge in [0.25, 0.3) is 5.56 Å². The van der Waals surface area contributed by atoms with Gasteiger partial charge in [0, 0.05) is 36.5 Å². The van der Waals surface area contributed by atoms with Crippen LogP contribution in [0.3, 0.4) is 0 Å². The largest absolute Gasteiger partial charge is 0.496 e. The van der Waals surface area contributed by atoms with Gasteiger partial charge in [0.1, 0.15) is 11.4 Å². The van der Waals surface area contributed by atoms with Crippen LogP contribution in [0.5, 0.6) is 5.75 Å². The van der Waals surface area contributed by atoms with Crippen LogP contribution < -0.4 is 16.0 Å². The minimum absolute atomic E-state index is 0.179. The van der Waals surface area contributed by atoms with Crippen molar-refractivity contribution in [1.82, 2.24) is 14.2 Å². The Kier molecular flexibility index (Phi) is 3.68. The van der Waals surface area contributed by atoms with Crippen molar-refractivity contribution in [3.63, 3.8) is 0 Å². The standard InChI is InChI=1S/C16H18N4O2/c1-3-19-11(10-17)8-16(21)20-15(19)9-13(18-20)12-6-4-5-7-14(12)22-2/h4-9H,3,10,17H2,1-2H3. The number of aryl methyl sites for hydroxylation is 1. The molecule has 0 saturated carbocycles. The number of rotatable bonds is 4. The Morgan fingerprint density at radius 3 is 2.73 bits per heavy atom. The molecule has 0 aliphatic rings. The molecule has 6 nitrogen and oxygen atoms in total. The molecule has 0 amide bonds. The number of aromatic nitrogens is 3. The smallest absolute Gasteiger partial charge is 0.274 e. The van der Waals surface area contributed by atoms with Gasteiger partial charge in [0.2, 0.25) is 0 Å². The highest BCUT2D eigenvalue weighted by Gasteiger charge is 2.14. The van der Waals surface area contributed by atoms with Gasteiger partial charge >= 0.3 is 0 Å². The number of para-hydroxylation sites is 1. The molecule has 0 fully saturated rings. The van der Waals surface area contributed by atoms with E-state index < -0.39 is 0 Å². The molecule has 114 valence electrons. The SMILES string of the molecule is CCn1c(CN)cc(=O)n2nc(-c3ccccc3OC)cc12. The van der Waals surface area contributed by atoms with E-state index in [0.717, 1.165) is 22.7 Å². The predicted octanol–water partition coefficient (Wildman–Crippen LogP) is 1.65. The van der Waals surface area contributed by atoms with Gasteiger partial charge in [0.15, 0.2) is 0 Å². The summed E-state index contributed by atoms with van der Waals surface area (Å²) in [7, 11) is 1.62. The van der Waals surface area contributed by atoms with Crippen LogP contribution in [0.1, 0.15) is 12.6 Å². The molecule has 0 bridgehead atoms. The second-order valence-corrected chi connectivity index (χ2v) is 4.92. The molecule has 0 saturated heterocycles. The summed E-state index contributed by atoms with van der Waals surface area (Å²) in [6.45, 7) is 3.04. The van der Waals surface area contributed by atoms with Gasteiger partial charge in [-0.15, -0.1) is 0 Å². The third-order valence-corrected chi connectivity index (χ3v) is 3.72. The van der Waals surface area contributed by atoms with Crippen LogP contribution in [0, 0.1) is 0 Å². The lowest BCUT2D eigenvalue weighted by atomic mass is 10.1. The zero-order valence-electron chi connectivity index (χ0n) is 12.6. The quantitative estimate of drug-likeness (QED) is 0.794. The van der Waals surface area contributed by atoms with Crippen LogP contribution in [0.15, 0.2) is 41.2 Å². The molecular weight excluding hydrogens is 280 g/mol. The number of nitrogens with zero attached hydrogens (tertiary/aromatic N) is 3. The summed E-state index contributed by atoms with van der Waals surface area (Å²) < 4.78 is 8.77. The third kappa shape index (κ3) is 2.17. The molecule has 0 aliphatic carbocycles. The molecule has 1 aromatic carbocycles. The normalized spacial score (nSPS) is 11.0. The second-order valence-electron chi connectivity index (χ2n) is 4.92. The second kappa shape index (κ2) is 5.65. The van der Waals surface area contributed by atoms with Crippen molar-refractivity contribution in [2.24, 2.45) is 5.73 Å². The van der Waals surface area contributed by atoms with E-state index in [4.69, 9.17) is 10.5 Å². The van der Waals surface area contributed by atoms with Crippen LogP contribution >= 0.6 is 0 Å². The Hall–Kier alpha value is -2.60. The van der Waals surface area contributed by atoms with E-state index in [1.165, 1.54) is 10.6 Å². The van der Waals surface area contributed by atoms with Gasteiger partial charge in [0.05, 0.1) is 12.8 Å². The van der Waals surface area contributed by atoms with Gasteiger partial charge in [-0.25, -0.2) is 0 Å². The average Bonchev–Trinajstić information content (AvgIpc) is 3.00. The summed E-state index contributed by atoms with van der Waals surface area (Å²) >= 11 is 0. The van der Waals surface area contributed by atoms with Crippen LogP contribution in [0.4, 0.5) is 0 Å². The minimum atomic E-state index is -0.179. The van der Waals surface area contributed by atoms with E-state index in [1.807, 2.05) is 41.8 Å². The molecule has 3 rings (SSSR count). The molecule has 0 spiro atoms. The number of hydrogen-bond donors (Lipinski definition) is 1. The first-order valence-corrected chi connectivity index (χ1v) is 7.15. The highest BCUT2D eigenvalue weighted by molar-refractivity contribution is 5.70.